The highest BCUT2D eigenvalue weighted by Crippen LogP contribution is 2.17. The van der Waals surface area contributed by atoms with Crippen LogP contribution in [0.3, 0.4) is 0 Å². The fourth-order valence-corrected chi connectivity index (χ4v) is 1.14. The summed E-state index contributed by atoms with van der Waals surface area (Å²) in [6.07, 6.45) is -5.14. The molecular formula is C7H12O6. The van der Waals surface area contributed by atoms with Crippen molar-refractivity contribution < 1.29 is 29.6 Å². The van der Waals surface area contributed by atoms with E-state index in [0.29, 0.717) is 0 Å². The van der Waals surface area contributed by atoms with Crippen LogP contribution in [0.5, 0.6) is 0 Å². The molecule has 1 heterocycles. The molecular weight excluding hydrogens is 180 g/mol. The number of rotatable bonds is 2. The molecule has 6 nitrogen and oxygen atoms in total. The van der Waals surface area contributed by atoms with E-state index in [2.05, 4.69) is 4.74 Å². The summed E-state index contributed by atoms with van der Waals surface area (Å²) in [5.74, 6) is -0.794. The zero-order valence-corrected chi connectivity index (χ0v) is 7.08. The SMILES string of the molecule is COC1OC(CO)C(O)C(=O)C1O. The summed E-state index contributed by atoms with van der Waals surface area (Å²) >= 11 is 0. The van der Waals surface area contributed by atoms with Crippen LogP contribution in [-0.4, -0.2) is 59.4 Å². The predicted molar refractivity (Wildman–Crippen MR) is 39.8 cm³/mol. The van der Waals surface area contributed by atoms with Crippen molar-refractivity contribution in [2.24, 2.45) is 0 Å². The molecule has 6 heteroatoms. The fourth-order valence-electron chi connectivity index (χ4n) is 1.14. The van der Waals surface area contributed by atoms with Gasteiger partial charge in [-0.25, -0.2) is 0 Å². The monoisotopic (exact) mass is 192 g/mol. The van der Waals surface area contributed by atoms with E-state index in [4.69, 9.17) is 9.84 Å². The molecule has 13 heavy (non-hydrogen) atoms. The van der Waals surface area contributed by atoms with E-state index in [1.165, 1.54) is 7.11 Å². The van der Waals surface area contributed by atoms with Crippen molar-refractivity contribution in [3.63, 3.8) is 0 Å². The molecule has 4 atom stereocenters. The molecule has 76 valence electrons. The molecule has 0 spiro atoms. The Morgan fingerprint density at radius 1 is 1.46 bits per heavy atom. The summed E-state index contributed by atoms with van der Waals surface area (Å²) < 4.78 is 9.53. The lowest BCUT2D eigenvalue weighted by atomic mass is 10.0. The van der Waals surface area contributed by atoms with Crippen LogP contribution in [0.1, 0.15) is 0 Å². The molecule has 0 aliphatic carbocycles. The van der Waals surface area contributed by atoms with Gasteiger partial charge < -0.3 is 24.8 Å². The van der Waals surface area contributed by atoms with Gasteiger partial charge in [0.25, 0.3) is 0 Å². The van der Waals surface area contributed by atoms with Crippen LogP contribution in [0.15, 0.2) is 0 Å². The quantitative estimate of drug-likeness (QED) is 0.453. The molecule has 0 aromatic heterocycles. The summed E-state index contributed by atoms with van der Waals surface area (Å²) in [5.41, 5.74) is 0. The Morgan fingerprint density at radius 2 is 2.08 bits per heavy atom. The number of Topliss-reactive ketones (excluding diaryl/α,β-unsaturated/α-hetero) is 1. The lowest BCUT2D eigenvalue weighted by Gasteiger charge is -2.34. The van der Waals surface area contributed by atoms with Gasteiger partial charge in [-0.3, -0.25) is 4.79 Å². The first kappa shape index (κ1) is 10.6. The molecule has 0 aromatic carbocycles. The standard InChI is InChI=1S/C7H12O6/c1-12-7-6(11)5(10)4(9)3(2-8)13-7/h3-4,6-9,11H,2H2,1H3. The normalized spacial score (nSPS) is 40.8. The molecule has 3 N–H and O–H groups in total. The van der Waals surface area contributed by atoms with Crippen LogP contribution in [0.4, 0.5) is 0 Å². The Bertz CT molecular complexity index is 175. The molecule has 0 radical (unpaired) electrons. The number of methoxy groups -OCH3 is 1. The first-order chi connectivity index (χ1) is 6.11. The van der Waals surface area contributed by atoms with Gasteiger partial charge in [-0.15, -0.1) is 0 Å². The van der Waals surface area contributed by atoms with E-state index >= 15 is 0 Å². The number of hydrogen-bond acceptors (Lipinski definition) is 6. The third-order valence-electron chi connectivity index (χ3n) is 1.91. The lowest BCUT2D eigenvalue weighted by Crippen LogP contribution is -2.56. The van der Waals surface area contributed by atoms with Gasteiger partial charge >= 0.3 is 0 Å². The number of ketones is 1. The Kier molecular flexibility index (Phi) is 3.34. The topological polar surface area (TPSA) is 96.2 Å². The van der Waals surface area contributed by atoms with Crippen LogP contribution in [0.25, 0.3) is 0 Å². The maximum Gasteiger partial charge on any atom is 0.197 e. The van der Waals surface area contributed by atoms with Gasteiger partial charge in [0, 0.05) is 7.11 Å². The highest BCUT2D eigenvalue weighted by Gasteiger charge is 2.43. The van der Waals surface area contributed by atoms with Gasteiger partial charge in [-0.05, 0) is 0 Å². The number of hydrogen-bond donors (Lipinski definition) is 3. The minimum absolute atomic E-state index is 0.501. The minimum Gasteiger partial charge on any atom is -0.394 e. The largest absolute Gasteiger partial charge is 0.394 e. The molecule has 1 aliphatic rings. The maximum atomic E-state index is 11.1. The highest BCUT2D eigenvalue weighted by atomic mass is 16.7. The fraction of sp³-hybridized carbons (Fsp3) is 0.857. The van der Waals surface area contributed by atoms with Crippen molar-refractivity contribution in [2.45, 2.75) is 24.6 Å². The Morgan fingerprint density at radius 3 is 2.54 bits per heavy atom. The van der Waals surface area contributed by atoms with Gasteiger partial charge in [0.2, 0.25) is 0 Å². The Labute approximate surface area is 74.7 Å². The molecule has 0 aromatic rings. The molecule has 1 aliphatic heterocycles. The number of aliphatic hydroxyl groups excluding tert-OH is 3. The average molecular weight is 192 g/mol. The van der Waals surface area contributed by atoms with E-state index in [-0.39, 0.29) is 0 Å². The van der Waals surface area contributed by atoms with Gasteiger partial charge in [-0.2, -0.15) is 0 Å². The van der Waals surface area contributed by atoms with Crippen LogP contribution >= 0.6 is 0 Å². The highest BCUT2D eigenvalue weighted by molar-refractivity contribution is 5.88. The van der Waals surface area contributed by atoms with Crippen LogP contribution in [0.2, 0.25) is 0 Å². The van der Waals surface area contributed by atoms with Gasteiger partial charge in [0.05, 0.1) is 6.61 Å². The number of ether oxygens (including phenoxy) is 2. The lowest BCUT2D eigenvalue weighted by molar-refractivity contribution is -0.247. The van der Waals surface area contributed by atoms with Crippen molar-refractivity contribution in [3.05, 3.63) is 0 Å². The first-order valence-electron chi connectivity index (χ1n) is 3.80. The van der Waals surface area contributed by atoms with Gasteiger partial charge in [0.1, 0.15) is 12.2 Å². The smallest absolute Gasteiger partial charge is 0.197 e. The van der Waals surface area contributed by atoms with Crippen molar-refractivity contribution in [1.29, 1.82) is 0 Å². The molecule has 0 saturated carbocycles. The predicted octanol–water partition coefficient (Wildman–Crippen LogP) is -2.36. The van der Waals surface area contributed by atoms with Crippen LogP contribution in [-0.2, 0) is 14.3 Å². The summed E-state index contributed by atoms with van der Waals surface area (Å²) in [4.78, 5) is 11.1. The third-order valence-corrected chi connectivity index (χ3v) is 1.91. The summed E-state index contributed by atoms with van der Waals surface area (Å²) in [6.45, 7) is -0.501. The van der Waals surface area contributed by atoms with Crippen LogP contribution < -0.4 is 0 Å². The van der Waals surface area contributed by atoms with Gasteiger partial charge in [-0.1, -0.05) is 0 Å². The third kappa shape index (κ3) is 1.87. The second kappa shape index (κ2) is 4.12. The molecule has 4 unspecified atom stereocenters. The van der Waals surface area contributed by atoms with Crippen molar-refractivity contribution in [1.82, 2.24) is 0 Å². The second-order valence-corrected chi connectivity index (χ2v) is 2.75. The summed E-state index contributed by atoms with van der Waals surface area (Å²) in [6, 6.07) is 0. The van der Waals surface area contributed by atoms with Crippen molar-refractivity contribution >= 4 is 5.78 Å². The molecule has 0 amide bonds. The molecule has 0 bridgehead atoms. The molecule has 1 fully saturated rings. The van der Waals surface area contributed by atoms with E-state index in [1.807, 2.05) is 0 Å². The van der Waals surface area contributed by atoms with E-state index < -0.39 is 37.0 Å². The number of carbonyl (C=O) groups is 1. The first-order valence-corrected chi connectivity index (χ1v) is 3.80. The molecule has 1 rings (SSSR count). The van der Waals surface area contributed by atoms with Crippen molar-refractivity contribution in [3.8, 4) is 0 Å². The van der Waals surface area contributed by atoms with Gasteiger partial charge in [0.15, 0.2) is 18.2 Å². The Balaban J connectivity index is 2.72. The second-order valence-electron chi connectivity index (χ2n) is 2.75. The maximum absolute atomic E-state index is 11.1. The zero-order chi connectivity index (χ0) is 10.0. The Hall–Kier alpha value is -0.530. The van der Waals surface area contributed by atoms with Crippen LogP contribution in [0, 0.1) is 0 Å². The molecule has 1 saturated heterocycles. The van der Waals surface area contributed by atoms with E-state index in [0.717, 1.165) is 0 Å². The van der Waals surface area contributed by atoms with Crippen molar-refractivity contribution in [2.75, 3.05) is 13.7 Å². The zero-order valence-electron chi connectivity index (χ0n) is 7.08. The summed E-state index contributed by atoms with van der Waals surface area (Å²) in [7, 11) is 1.26. The summed E-state index contributed by atoms with van der Waals surface area (Å²) in [5, 5.41) is 27.1. The average Bonchev–Trinajstić information content (AvgIpc) is 2.15. The number of carbonyl (C=O) groups excluding carboxylic acids is 1. The number of aliphatic hydroxyl groups is 3. The van der Waals surface area contributed by atoms with E-state index in [1.54, 1.807) is 0 Å². The van der Waals surface area contributed by atoms with E-state index in [9.17, 15) is 15.0 Å². The minimum atomic E-state index is -1.50.